The predicted molar refractivity (Wildman–Crippen MR) is 58.9 cm³/mol. The van der Waals surface area contributed by atoms with E-state index in [1.54, 1.807) is 0 Å². The average Bonchev–Trinajstić information content (AvgIpc) is 2.66. The van der Waals surface area contributed by atoms with Crippen LogP contribution in [0, 0.1) is 0 Å². The molecule has 2 rings (SSSR count). The number of rotatable bonds is 2. The van der Waals surface area contributed by atoms with E-state index in [4.69, 9.17) is 11.6 Å². The van der Waals surface area contributed by atoms with Crippen LogP contribution >= 0.6 is 11.6 Å². The summed E-state index contributed by atoms with van der Waals surface area (Å²) in [7, 11) is 0. The molecule has 0 spiro atoms. The maximum atomic E-state index is 9.20. The molecule has 0 bridgehead atoms. The molecule has 0 saturated carbocycles. The first kappa shape index (κ1) is 9.81. The molecule has 0 aliphatic carbocycles. The zero-order valence-electron chi connectivity index (χ0n) is 7.99. The van der Waals surface area contributed by atoms with Crippen molar-refractivity contribution >= 4 is 17.3 Å². The highest BCUT2D eigenvalue weighted by atomic mass is 35.5. The van der Waals surface area contributed by atoms with Crippen LogP contribution in [0.2, 0.25) is 5.02 Å². The molecule has 1 N–H and O–H groups in total. The Morgan fingerprint density at radius 2 is 2.21 bits per heavy atom. The minimum atomic E-state index is 0.214. The fourth-order valence-corrected chi connectivity index (χ4v) is 2.27. The second kappa shape index (κ2) is 4.20. The third-order valence-corrected chi connectivity index (χ3v) is 3.07. The van der Waals surface area contributed by atoms with E-state index in [1.165, 1.54) is 0 Å². The van der Waals surface area contributed by atoms with E-state index < -0.39 is 0 Å². The van der Waals surface area contributed by atoms with Gasteiger partial charge in [-0.25, -0.2) is 0 Å². The number of halogens is 1. The van der Waals surface area contributed by atoms with Gasteiger partial charge in [0.15, 0.2) is 0 Å². The fourth-order valence-electron chi connectivity index (χ4n) is 2.03. The molecule has 1 atom stereocenters. The highest BCUT2D eigenvalue weighted by Crippen LogP contribution is 2.31. The van der Waals surface area contributed by atoms with Gasteiger partial charge in [0, 0.05) is 6.54 Å². The molecule has 0 amide bonds. The van der Waals surface area contributed by atoms with Gasteiger partial charge in [-0.15, -0.1) is 0 Å². The average molecular weight is 212 g/mol. The van der Waals surface area contributed by atoms with E-state index in [0.29, 0.717) is 0 Å². The van der Waals surface area contributed by atoms with Crippen LogP contribution < -0.4 is 4.90 Å². The van der Waals surface area contributed by atoms with Gasteiger partial charge in [0.05, 0.1) is 23.4 Å². The molecule has 0 unspecified atom stereocenters. The summed E-state index contributed by atoms with van der Waals surface area (Å²) >= 11 is 6.10. The van der Waals surface area contributed by atoms with E-state index in [2.05, 4.69) is 4.90 Å². The Balaban J connectivity index is 2.26. The van der Waals surface area contributed by atoms with Crippen molar-refractivity contribution in [1.82, 2.24) is 0 Å². The maximum Gasteiger partial charge on any atom is 0.0639 e. The standard InChI is InChI=1S/C11H14ClNO/c12-10-5-1-2-6-11(10)13-7-3-4-9(13)8-14/h1-2,5-6,9,14H,3-4,7-8H2/t9-/m0/s1. The first-order valence-corrected chi connectivity index (χ1v) is 5.33. The van der Waals surface area contributed by atoms with Gasteiger partial charge < -0.3 is 10.0 Å². The van der Waals surface area contributed by atoms with Gasteiger partial charge in [-0.1, -0.05) is 23.7 Å². The molecule has 1 aromatic carbocycles. The first-order valence-electron chi connectivity index (χ1n) is 4.95. The molecule has 14 heavy (non-hydrogen) atoms. The van der Waals surface area contributed by atoms with Gasteiger partial charge in [-0.2, -0.15) is 0 Å². The second-order valence-corrected chi connectivity index (χ2v) is 4.03. The van der Waals surface area contributed by atoms with Crippen molar-refractivity contribution in [1.29, 1.82) is 0 Å². The molecule has 1 aliphatic rings. The van der Waals surface area contributed by atoms with Crippen molar-refractivity contribution in [2.75, 3.05) is 18.1 Å². The molecule has 2 nitrogen and oxygen atoms in total. The topological polar surface area (TPSA) is 23.5 Å². The Morgan fingerprint density at radius 1 is 1.43 bits per heavy atom. The molecule has 1 heterocycles. The van der Waals surface area contributed by atoms with Crippen LogP contribution in [0.5, 0.6) is 0 Å². The third kappa shape index (κ3) is 1.72. The molecular weight excluding hydrogens is 198 g/mol. The molecule has 0 aromatic heterocycles. The van der Waals surface area contributed by atoms with Crippen LogP contribution in [0.4, 0.5) is 5.69 Å². The van der Waals surface area contributed by atoms with Crippen LogP contribution in [-0.2, 0) is 0 Å². The lowest BCUT2D eigenvalue weighted by Crippen LogP contribution is -2.32. The van der Waals surface area contributed by atoms with Crippen LogP contribution in [0.3, 0.4) is 0 Å². The summed E-state index contributed by atoms with van der Waals surface area (Å²) in [5, 5.41) is 9.98. The summed E-state index contributed by atoms with van der Waals surface area (Å²) < 4.78 is 0. The summed E-state index contributed by atoms with van der Waals surface area (Å²) in [5.74, 6) is 0. The van der Waals surface area contributed by atoms with Crippen molar-refractivity contribution < 1.29 is 5.11 Å². The number of nitrogens with zero attached hydrogens (tertiary/aromatic N) is 1. The second-order valence-electron chi connectivity index (χ2n) is 3.62. The van der Waals surface area contributed by atoms with Gasteiger partial charge in [-0.05, 0) is 25.0 Å². The highest BCUT2D eigenvalue weighted by molar-refractivity contribution is 6.33. The Kier molecular flexibility index (Phi) is 2.94. The number of benzene rings is 1. The summed E-state index contributed by atoms with van der Waals surface area (Å²) in [5.41, 5.74) is 1.05. The third-order valence-electron chi connectivity index (χ3n) is 2.75. The summed E-state index contributed by atoms with van der Waals surface area (Å²) in [4.78, 5) is 2.20. The molecule has 76 valence electrons. The number of anilines is 1. The first-order chi connectivity index (χ1) is 6.83. The molecule has 1 saturated heterocycles. The van der Waals surface area contributed by atoms with Gasteiger partial charge in [0.25, 0.3) is 0 Å². The van der Waals surface area contributed by atoms with Gasteiger partial charge in [0.2, 0.25) is 0 Å². The minimum Gasteiger partial charge on any atom is -0.394 e. The monoisotopic (exact) mass is 211 g/mol. The normalized spacial score (nSPS) is 21.6. The zero-order chi connectivity index (χ0) is 9.97. The summed E-state index contributed by atoms with van der Waals surface area (Å²) in [6.07, 6.45) is 2.19. The Bertz CT molecular complexity index is 316. The van der Waals surface area contributed by atoms with Gasteiger partial charge in [0.1, 0.15) is 0 Å². The number of aliphatic hydroxyl groups excluding tert-OH is 1. The molecule has 3 heteroatoms. The largest absolute Gasteiger partial charge is 0.394 e. The lowest BCUT2D eigenvalue weighted by molar-refractivity contribution is 0.266. The SMILES string of the molecule is OC[C@@H]1CCCN1c1ccccc1Cl. The Labute approximate surface area is 89.1 Å². The molecule has 1 aliphatic heterocycles. The summed E-state index contributed by atoms with van der Waals surface area (Å²) in [6.45, 7) is 1.21. The van der Waals surface area contributed by atoms with Crippen molar-refractivity contribution in [3.63, 3.8) is 0 Å². The number of hydrogen-bond acceptors (Lipinski definition) is 2. The van der Waals surface area contributed by atoms with Crippen molar-refractivity contribution in [2.24, 2.45) is 0 Å². The van der Waals surface area contributed by atoms with E-state index >= 15 is 0 Å². The van der Waals surface area contributed by atoms with Crippen molar-refractivity contribution in [2.45, 2.75) is 18.9 Å². The van der Waals surface area contributed by atoms with Crippen LogP contribution in [0.25, 0.3) is 0 Å². The van der Waals surface area contributed by atoms with Crippen molar-refractivity contribution in [3.8, 4) is 0 Å². The lowest BCUT2D eigenvalue weighted by atomic mass is 10.2. The predicted octanol–water partition coefficient (Wildman–Crippen LogP) is 2.30. The molecule has 1 aromatic rings. The van der Waals surface area contributed by atoms with Crippen LogP contribution in [0.15, 0.2) is 24.3 Å². The molecule has 0 radical (unpaired) electrons. The number of aliphatic hydroxyl groups is 1. The minimum absolute atomic E-state index is 0.214. The van der Waals surface area contributed by atoms with E-state index in [0.717, 1.165) is 30.1 Å². The van der Waals surface area contributed by atoms with Gasteiger partial charge in [-0.3, -0.25) is 0 Å². The smallest absolute Gasteiger partial charge is 0.0639 e. The Morgan fingerprint density at radius 3 is 2.93 bits per heavy atom. The molecular formula is C11H14ClNO. The maximum absolute atomic E-state index is 9.20. The molecule has 1 fully saturated rings. The van der Waals surface area contributed by atoms with E-state index in [-0.39, 0.29) is 12.6 Å². The fraction of sp³-hybridized carbons (Fsp3) is 0.455. The van der Waals surface area contributed by atoms with E-state index in [9.17, 15) is 5.11 Å². The van der Waals surface area contributed by atoms with Crippen molar-refractivity contribution in [3.05, 3.63) is 29.3 Å². The Hall–Kier alpha value is -0.730. The summed E-state index contributed by atoms with van der Waals surface area (Å²) in [6, 6.07) is 8.05. The highest BCUT2D eigenvalue weighted by Gasteiger charge is 2.24. The number of para-hydroxylation sites is 1. The lowest BCUT2D eigenvalue weighted by Gasteiger charge is -2.26. The quantitative estimate of drug-likeness (QED) is 0.812. The van der Waals surface area contributed by atoms with Crippen LogP contribution in [0.1, 0.15) is 12.8 Å². The van der Waals surface area contributed by atoms with Crippen LogP contribution in [-0.4, -0.2) is 24.3 Å². The van der Waals surface area contributed by atoms with E-state index in [1.807, 2.05) is 24.3 Å². The van der Waals surface area contributed by atoms with Gasteiger partial charge >= 0.3 is 0 Å². The number of hydrogen-bond donors (Lipinski definition) is 1. The zero-order valence-corrected chi connectivity index (χ0v) is 8.74.